The van der Waals surface area contributed by atoms with Crippen LogP contribution in [0, 0.1) is 6.92 Å². The van der Waals surface area contributed by atoms with Crippen LogP contribution in [-0.2, 0) is 0 Å². The Kier molecular flexibility index (Phi) is 4.44. The SMILES string of the molecule is Cc1ccnc(NCCCOc2cccc3cccnc23)n1. The predicted molar refractivity (Wildman–Crippen MR) is 87.1 cm³/mol. The highest BCUT2D eigenvalue weighted by molar-refractivity contribution is 5.84. The number of pyridine rings is 1. The van der Waals surface area contributed by atoms with Crippen molar-refractivity contribution in [2.75, 3.05) is 18.5 Å². The van der Waals surface area contributed by atoms with Gasteiger partial charge < -0.3 is 10.1 Å². The van der Waals surface area contributed by atoms with E-state index in [-0.39, 0.29) is 0 Å². The van der Waals surface area contributed by atoms with Crippen molar-refractivity contribution in [1.82, 2.24) is 15.0 Å². The summed E-state index contributed by atoms with van der Waals surface area (Å²) in [6, 6.07) is 11.8. The quantitative estimate of drug-likeness (QED) is 0.707. The van der Waals surface area contributed by atoms with Crippen molar-refractivity contribution in [1.29, 1.82) is 0 Å². The Morgan fingerprint density at radius 1 is 1.05 bits per heavy atom. The van der Waals surface area contributed by atoms with Gasteiger partial charge in [0.15, 0.2) is 0 Å². The number of aryl methyl sites for hydroxylation is 1. The molecule has 1 N–H and O–H groups in total. The van der Waals surface area contributed by atoms with Crippen molar-refractivity contribution >= 4 is 16.9 Å². The maximum atomic E-state index is 5.84. The lowest BCUT2D eigenvalue weighted by atomic mass is 10.2. The Morgan fingerprint density at radius 2 is 1.95 bits per heavy atom. The molecule has 5 nitrogen and oxygen atoms in total. The largest absolute Gasteiger partial charge is 0.491 e. The molecule has 0 unspecified atom stereocenters. The van der Waals surface area contributed by atoms with Gasteiger partial charge in [0, 0.05) is 30.0 Å². The molecule has 0 spiro atoms. The van der Waals surface area contributed by atoms with Crippen LogP contribution in [-0.4, -0.2) is 28.1 Å². The molecule has 112 valence electrons. The third-order valence-corrected chi connectivity index (χ3v) is 3.25. The van der Waals surface area contributed by atoms with Gasteiger partial charge in [-0.25, -0.2) is 9.97 Å². The van der Waals surface area contributed by atoms with E-state index in [1.54, 1.807) is 12.4 Å². The number of anilines is 1. The minimum Gasteiger partial charge on any atom is -0.491 e. The Hall–Kier alpha value is -2.69. The van der Waals surface area contributed by atoms with Gasteiger partial charge in [0.25, 0.3) is 0 Å². The van der Waals surface area contributed by atoms with E-state index < -0.39 is 0 Å². The molecule has 2 heterocycles. The molecule has 5 heteroatoms. The molecule has 0 fully saturated rings. The second kappa shape index (κ2) is 6.85. The van der Waals surface area contributed by atoms with Crippen LogP contribution < -0.4 is 10.1 Å². The highest BCUT2D eigenvalue weighted by atomic mass is 16.5. The zero-order valence-corrected chi connectivity index (χ0v) is 12.5. The van der Waals surface area contributed by atoms with Crippen LogP contribution in [0.5, 0.6) is 5.75 Å². The van der Waals surface area contributed by atoms with E-state index in [0.717, 1.165) is 35.3 Å². The Bertz CT molecular complexity index is 755. The summed E-state index contributed by atoms with van der Waals surface area (Å²) in [5, 5.41) is 4.28. The topological polar surface area (TPSA) is 59.9 Å². The molecule has 0 atom stereocenters. The normalized spacial score (nSPS) is 10.6. The molecule has 0 amide bonds. The molecule has 3 aromatic rings. The van der Waals surface area contributed by atoms with Gasteiger partial charge >= 0.3 is 0 Å². The zero-order valence-electron chi connectivity index (χ0n) is 12.5. The molecule has 1 aromatic carbocycles. The first-order valence-electron chi connectivity index (χ1n) is 7.33. The summed E-state index contributed by atoms with van der Waals surface area (Å²) in [4.78, 5) is 12.8. The van der Waals surface area contributed by atoms with Gasteiger partial charge in [0.2, 0.25) is 5.95 Å². The molecule has 0 bridgehead atoms. The van der Waals surface area contributed by atoms with Crippen LogP contribution in [0.4, 0.5) is 5.95 Å². The summed E-state index contributed by atoms with van der Waals surface area (Å²) in [6.07, 6.45) is 4.40. The first-order valence-corrected chi connectivity index (χ1v) is 7.33. The minimum absolute atomic E-state index is 0.620. The molecular formula is C17H18N4O. The number of nitrogens with one attached hydrogen (secondary N) is 1. The highest BCUT2D eigenvalue weighted by Crippen LogP contribution is 2.22. The van der Waals surface area contributed by atoms with Crippen molar-refractivity contribution in [2.45, 2.75) is 13.3 Å². The van der Waals surface area contributed by atoms with Crippen molar-refractivity contribution in [3.63, 3.8) is 0 Å². The average Bonchev–Trinajstić information content (AvgIpc) is 2.55. The molecule has 3 rings (SSSR count). The Labute approximate surface area is 129 Å². The van der Waals surface area contributed by atoms with Crippen LogP contribution in [0.15, 0.2) is 48.8 Å². The predicted octanol–water partition coefficient (Wildman–Crippen LogP) is 3.21. The second-order valence-corrected chi connectivity index (χ2v) is 4.98. The maximum Gasteiger partial charge on any atom is 0.222 e. The van der Waals surface area contributed by atoms with Crippen LogP contribution in [0.2, 0.25) is 0 Å². The van der Waals surface area contributed by atoms with Gasteiger partial charge in [-0.2, -0.15) is 0 Å². The lowest BCUT2D eigenvalue weighted by Crippen LogP contribution is -2.09. The van der Waals surface area contributed by atoms with E-state index in [2.05, 4.69) is 20.3 Å². The second-order valence-electron chi connectivity index (χ2n) is 4.98. The zero-order chi connectivity index (χ0) is 15.2. The van der Waals surface area contributed by atoms with Gasteiger partial charge in [0.05, 0.1) is 6.61 Å². The number of ether oxygens (including phenoxy) is 1. The third-order valence-electron chi connectivity index (χ3n) is 3.25. The Balaban J connectivity index is 1.50. The number of fused-ring (bicyclic) bond motifs is 1. The van der Waals surface area contributed by atoms with Crippen molar-refractivity contribution in [3.8, 4) is 5.75 Å². The molecule has 0 aliphatic heterocycles. The number of rotatable bonds is 6. The molecule has 0 saturated carbocycles. The van der Waals surface area contributed by atoms with Crippen molar-refractivity contribution in [2.24, 2.45) is 0 Å². The Morgan fingerprint density at radius 3 is 2.86 bits per heavy atom. The fourth-order valence-corrected chi connectivity index (χ4v) is 2.18. The van der Waals surface area contributed by atoms with Gasteiger partial charge in [-0.1, -0.05) is 18.2 Å². The fraction of sp³-hybridized carbons (Fsp3) is 0.235. The maximum absolute atomic E-state index is 5.84. The number of aromatic nitrogens is 3. The molecule has 22 heavy (non-hydrogen) atoms. The van der Waals surface area contributed by atoms with E-state index in [9.17, 15) is 0 Å². The van der Waals surface area contributed by atoms with Crippen molar-refractivity contribution in [3.05, 3.63) is 54.5 Å². The number of benzene rings is 1. The summed E-state index contributed by atoms with van der Waals surface area (Å²) >= 11 is 0. The smallest absolute Gasteiger partial charge is 0.222 e. The standard InChI is InChI=1S/C17H18N4O/c1-13-8-11-20-17(21-13)19-10-4-12-22-15-7-2-5-14-6-3-9-18-16(14)15/h2-3,5-9,11H,4,10,12H2,1H3,(H,19,20,21). The van der Waals surface area contributed by atoms with Crippen LogP contribution in [0.25, 0.3) is 10.9 Å². The monoisotopic (exact) mass is 294 g/mol. The van der Waals surface area contributed by atoms with Gasteiger partial charge in [-0.15, -0.1) is 0 Å². The van der Waals surface area contributed by atoms with Gasteiger partial charge in [-0.05, 0) is 31.5 Å². The first-order chi connectivity index (χ1) is 10.8. The first kappa shape index (κ1) is 14.3. The number of hydrogen-bond donors (Lipinski definition) is 1. The summed E-state index contributed by atoms with van der Waals surface area (Å²) < 4.78 is 5.84. The van der Waals surface area contributed by atoms with E-state index in [4.69, 9.17) is 4.74 Å². The number of para-hydroxylation sites is 1. The van der Waals surface area contributed by atoms with Gasteiger partial charge in [-0.3, -0.25) is 4.98 Å². The third kappa shape index (κ3) is 3.49. The van der Waals surface area contributed by atoms with Crippen molar-refractivity contribution < 1.29 is 4.74 Å². The molecule has 0 aliphatic carbocycles. The van der Waals surface area contributed by atoms with Gasteiger partial charge in [0.1, 0.15) is 11.3 Å². The number of nitrogens with zero attached hydrogens (tertiary/aromatic N) is 3. The lowest BCUT2D eigenvalue weighted by Gasteiger charge is -2.09. The van der Waals surface area contributed by atoms with E-state index in [1.165, 1.54) is 0 Å². The average molecular weight is 294 g/mol. The summed E-state index contributed by atoms with van der Waals surface area (Å²) in [6.45, 7) is 3.33. The minimum atomic E-state index is 0.620. The molecular weight excluding hydrogens is 276 g/mol. The lowest BCUT2D eigenvalue weighted by molar-refractivity contribution is 0.318. The summed E-state index contributed by atoms with van der Waals surface area (Å²) in [5.74, 6) is 1.48. The van der Waals surface area contributed by atoms with E-state index in [1.807, 2.05) is 43.3 Å². The fourth-order valence-electron chi connectivity index (χ4n) is 2.18. The van der Waals surface area contributed by atoms with Crippen LogP contribution in [0.3, 0.4) is 0 Å². The van der Waals surface area contributed by atoms with Crippen LogP contribution in [0.1, 0.15) is 12.1 Å². The number of hydrogen-bond acceptors (Lipinski definition) is 5. The van der Waals surface area contributed by atoms with Crippen LogP contribution >= 0.6 is 0 Å². The molecule has 0 saturated heterocycles. The van der Waals surface area contributed by atoms with E-state index in [0.29, 0.717) is 12.6 Å². The molecule has 0 aliphatic rings. The van der Waals surface area contributed by atoms with E-state index >= 15 is 0 Å². The summed E-state index contributed by atoms with van der Waals surface area (Å²) in [7, 11) is 0. The summed E-state index contributed by atoms with van der Waals surface area (Å²) in [5.41, 5.74) is 1.86. The molecule has 2 aromatic heterocycles. The molecule has 0 radical (unpaired) electrons. The highest BCUT2D eigenvalue weighted by Gasteiger charge is 2.02.